The van der Waals surface area contributed by atoms with Gasteiger partial charge in [-0.1, -0.05) is 12.1 Å². The lowest BCUT2D eigenvalue weighted by molar-refractivity contribution is -0.113. The van der Waals surface area contributed by atoms with Crippen molar-refractivity contribution in [1.29, 1.82) is 0 Å². The van der Waals surface area contributed by atoms with E-state index in [4.69, 9.17) is 10.5 Å². The van der Waals surface area contributed by atoms with Crippen LogP contribution in [0, 0.1) is 13.0 Å². The van der Waals surface area contributed by atoms with Crippen LogP contribution in [-0.2, 0) is 11.4 Å². The van der Waals surface area contributed by atoms with Gasteiger partial charge in [-0.05, 0) is 98.4 Å². The summed E-state index contributed by atoms with van der Waals surface area (Å²) in [5.74, 6) is 0.125. The molecule has 1 aliphatic heterocycles. The third-order valence-electron chi connectivity index (χ3n) is 3.23. The van der Waals surface area contributed by atoms with Crippen molar-refractivity contribution >= 4 is 74.1 Å². The van der Waals surface area contributed by atoms with Crippen LogP contribution in [-0.4, -0.2) is 11.1 Å². The zero-order valence-corrected chi connectivity index (χ0v) is 17.8. The summed E-state index contributed by atoms with van der Waals surface area (Å²) in [5, 5.41) is 0.260. The van der Waals surface area contributed by atoms with Crippen LogP contribution in [0.15, 0.2) is 46.3 Å². The molecule has 0 bridgehead atoms. The Morgan fingerprint density at radius 1 is 1.24 bits per heavy atom. The maximum atomic E-state index is 13.2. The Morgan fingerprint density at radius 2 is 1.96 bits per heavy atom. The molecule has 0 aliphatic carbocycles. The monoisotopic (exact) mass is 580 g/mol. The Kier molecular flexibility index (Phi) is 6.00. The molecule has 2 aromatic carbocycles. The van der Waals surface area contributed by atoms with Crippen LogP contribution >= 0.6 is 56.9 Å². The molecule has 0 unspecified atom stereocenters. The summed E-state index contributed by atoms with van der Waals surface area (Å²) in [6, 6.07) is 10.2. The molecule has 0 spiro atoms. The third-order valence-corrected chi connectivity index (χ3v) is 5.64. The number of halogens is 3. The fourth-order valence-corrected chi connectivity index (χ4v) is 4.97. The van der Waals surface area contributed by atoms with Crippen molar-refractivity contribution in [1.82, 2.24) is 0 Å². The number of carbonyl (C=O) groups is 1. The predicted molar refractivity (Wildman–Crippen MR) is 115 cm³/mol. The molecule has 0 atom stereocenters. The first kappa shape index (κ1) is 18.6. The molecule has 1 heterocycles. The molecule has 8 heteroatoms. The molecule has 2 aromatic rings. The van der Waals surface area contributed by atoms with Crippen molar-refractivity contribution in [3.05, 3.63) is 65.4 Å². The average Bonchev–Trinajstić information content (AvgIpc) is 2.84. The molecule has 2 N–H and O–H groups in total. The molecule has 3 rings (SSSR count). The van der Waals surface area contributed by atoms with E-state index >= 15 is 0 Å². The number of hydrogen-bond acceptors (Lipinski definition) is 4. The number of aliphatic imine (C=N–C) groups is 1. The second kappa shape index (κ2) is 8.04. The van der Waals surface area contributed by atoms with E-state index in [1.807, 2.05) is 18.2 Å². The van der Waals surface area contributed by atoms with Gasteiger partial charge in [0.25, 0.3) is 5.91 Å². The molecule has 1 amide bonds. The highest BCUT2D eigenvalue weighted by molar-refractivity contribution is 14.1. The summed E-state index contributed by atoms with van der Waals surface area (Å²) in [6.07, 6.45) is 1.76. The van der Waals surface area contributed by atoms with E-state index in [1.54, 1.807) is 12.1 Å². The number of rotatable bonds is 4. The number of carbonyl (C=O) groups excluding carboxylic acids is 1. The number of ether oxygens (including phenoxy) is 1. The Labute approximate surface area is 175 Å². The Bertz CT molecular complexity index is 892. The lowest BCUT2D eigenvalue weighted by atomic mass is 10.2. The zero-order valence-electron chi connectivity index (χ0n) is 12.6. The quantitative estimate of drug-likeness (QED) is 0.427. The van der Waals surface area contributed by atoms with Crippen LogP contribution in [0.5, 0.6) is 5.75 Å². The summed E-state index contributed by atoms with van der Waals surface area (Å²) in [7, 11) is 0. The number of amidine groups is 1. The molecule has 1 aliphatic rings. The van der Waals surface area contributed by atoms with E-state index in [-0.39, 0.29) is 23.5 Å². The molecular formula is C17H11FI2N2O2S. The van der Waals surface area contributed by atoms with Crippen molar-refractivity contribution in [2.75, 3.05) is 0 Å². The molecule has 4 nitrogen and oxygen atoms in total. The van der Waals surface area contributed by atoms with Gasteiger partial charge in [-0.2, -0.15) is 4.99 Å². The first-order valence-corrected chi connectivity index (χ1v) is 10.0. The van der Waals surface area contributed by atoms with Gasteiger partial charge in [0.15, 0.2) is 5.17 Å². The number of nitrogens with two attached hydrogens (primary N) is 1. The highest BCUT2D eigenvalue weighted by atomic mass is 127. The standard InChI is InChI=1S/C17H11FI2N2O2S/c18-11-3-1-2-9(4-11)8-24-15-12(19)5-10(6-13(15)20)7-14-16(23)22-17(21)25-14/h1-7H,8H2,(H2,21,22,23). The Balaban J connectivity index is 1.79. The fourth-order valence-electron chi connectivity index (χ4n) is 2.16. The van der Waals surface area contributed by atoms with Crippen LogP contribution < -0.4 is 10.5 Å². The van der Waals surface area contributed by atoms with Gasteiger partial charge in [0.2, 0.25) is 0 Å². The minimum atomic E-state index is -0.320. The minimum Gasteiger partial charge on any atom is -0.487 e. The summed E-state index contributed by atoms with van der Waals surface area (Å²) in [5.41, 5.74) is 7.19. The van der Waals surface area contributed by atoms with Gasteiger partial charge in [0, 0.05) is 0 Å². The second-order valence-corrected chi connectivity index (χ2v) is 8.48. The highest BCUT2D eigenvalue weighted by Crippen LogP contribution is 2.32. The SMILES string of the molecule is NC1=NC(=O)C(=Cc2cc(I)c(OCc3cccc(F)c3)c(I)c2)S1. The fraction of sp³-hybridized carbons (Fsp3) is 0.0588. The van der Waals surface area contributed by atoms with Crippen molar-refractivity contribution in [3.8, 4) is 5.75 Å². The van der Waals surface area contributed by atoms with Crippen molar-refractivity contribution in [2.24, 2.45) is 10.7 Å². The summed E-state index contributed by atoms with van der Waals surface area (Å²) >= 11 is 5.52. The highest BCUT2D eigenvalue weighted by Gasteiger charge is 2.20. The van der Waals surface area contributed by atoms with Crippen LogP contribution in [0.1, 0.15) is 11.1 Å². The Morgan fingerprint density at radius 3 is 2.56 bits per heavy atom. The van der Waals surface area contributed by atoms with E-state index in [1.165, 1.54) is 12.1 Å². The van der Waals surface area contributed by atoms with E-state index in [2.05, 4.69) is 50.2 Å². The predicted octanol–water partition coefficient (Wildman–Crippen LogP) is 4.54. The van der Waals surface area contributed by atoms with Crippen molar-refractivity contribution in [2.45, 2.75) is 6.61 Å². The van der Waals surface area contributed by atoms with Crippen LogP contribution in [0.25, 0.3) is 6.08 Å². The average molecular weight is 580 g/mol. The molecule has 0 saturated heterocycles. The lowest BCUT2D eigenvalue weighted by Crippen LogP contribution is -2.01. The number of benzene rings is 2. The maximum Gasteiger partial charge on any atom is 0.286 e. The number of thioether (sulfide) groups is 1. The number of nitrogens with zero attached hydrogens (tertiary/aromatic N) is 1. The minimum absolute atomic E-state index is 0.260. The topological polar surface area (TPSA) is 64.7 Å². The largest absolute Gasteiger partial charge is 0.487 e. The van der Waals surface area contributed by atoms with Crippen LogP contribution in [0.4, 0.5) is 4.39 Å². The van der Waals surface area contributed by atoms with Crippen molar-refractivity contribution < 1.29 is 13.9 Å². The van der Waals surface area contributed by atoms with E-state index in [0.717, 1.165) is 35.8 Å². The maximum absolute atomic E-state index is 13.2. The lowest BCUT2D eigenvalue weighted by Gasteiger charge is -2.12. The normalized spacial score (nSPS) is 15.6. The molecule has 0 aromatic heterocycles. The molecule has 0 saturated carbocycles. The summed E-state index contributed by atoms with van der Waals surface area (Å²) < 4.78 is 20.9. The second-order valence-electron chi connectivity index (χ2n) is 5.10. The van der Waals surface area contributed by atoms with Crippen LogP contribution in [0.2, 0.25) is 0 Å². The number of hydrogen-bond donors (Lipinski definition) is 1. The molecule has 128 valence electrons. The third kappa shape index (κ3) is 4.73. The number of amides is 1. The van der Waals surface area contributed by atoms with Gasteiger partial charge < -0.3 is 10.5 Å². The van der Waals surface area contributed by atoms with Gasteiger partial charge in [0.1, 0.15) is 18.2 Å². The molecule has 0 fully saturated rings. The first-order valence-electron chi connectivity index (χ1n) is 7.06. The first-order chi connectivity index (χ1) is 11.9. The van der Waals surface area contributed by atoms with E-state index in [9.17, 15) is 9.18 Å². The zero-order chi connectivity index (χ0) is 18.0. The van der Waals surface area contributed by atoms with Gasteiger partial charge >= 0.3 is 0 Å². The summed E-state index contributed by atoms with van der Waals surface area (Å²) in [6.45, 7) is 0.281. The smallest absolute Gasteiger partial charge is 0.286 e. The van der Waals surface area contributed by atoms with Gasteiger partial charge in [-0.15, -0.1) is 0 Å². The molecular weight excluding hydrogens is 569 g/mol. The van der Waals surface area contributed by atoms with Crippen LogP contribution in [0.3, 0.4) is 0 Å². The molecule has 0 radical (unpaired) electrons. The van der Waals surface area contributed by atoms with Gasteiger partial charge in [-0.3, -0.25) is 4.79 Å². The van der Waals surface area contributed by atoms with Gasteiger partial charge in [0.05, 0.1) is 12.0 Å². The van der Waals surface area contributed by atoms with Gasteiger partial charge in [-0.25, -0.2) is 4.39 Å². The van der Waals surface area contributed by atoms with E-state index in [0.29, 0.717) is 4.91 Å². The van der Waals surface area contributed by atoms with Crippen molar-refractivity contribution in [3.63, 3.8) is 0 Å². The Hall–Kier alpha value is -1.14. The molecule has 25 heavy (non-hydrogen) atoms. The van der Waals surface area contributed by atoms with E-state index < -0.39 is 0 Å². The summed E-state index contributed by atoms with van der Waals surface area (Å²) in [4.78, 5) is 15.9.